The molecule has 0 aliphatic heterocycles. The van der Waals surface area contributed by atoms with Gasteiger partial charge in [0.05, 0.1) is 10.6 Å². The number of hydrogen-bond acceptors (Lipinski definition) is 3. The Kier molecular flexibility index (Phi) is 4.39. The number of nitrogens with zero attached hydrogens (tertiary/aromatic N) is 1. The van der Waals surface area contributed by atoms with Crippen LogP contribution in [0.1, 0.15) is 27.2 Å². The minimum Gasteiger partial charge on any atom is -0.478 e. The molecule has 2 rings (SSSR count). The fourth-order valence-corrected chi connectivity index (χ4v) is 2.94. The lowest BCUT2D eigenvalue weighted by Gasteiger charge is -2.07. The van der Waals surface area contributed by atoms with E-state index in [2.05, 4.69) is 4.98 Å². The highest BCUT2D eigenvalue weighted by molar-refractivity contribution is 7.98. The number of halogens is 1. The molecule has 1 aromatic carbocycles. The van der Waals surface area contributed by atoms with Crippen LogP contribution in [0.5, 0.6) is 0 Å². The summed E-state index contributed by atoms with van der Waals surface area (Å²) in [7, 11) is 0. The molecule has 0 saturated carbocycles. The van der Waals surface area contributed by atoms with Crippen LogP contribution >= 0.6 is 11.8 Å². The lowest BCUT2D eigenvalue weighted by atomic mass is 10.1. The molecule has 3 nitrogen and oxygen atoms in total. The van der Waals surface area contributed by atoms with Crippen molar-refractivity contribution in [3.05, 3.63) is 58.5 Å². The summed E-state index contributed by atoms with van der Waals surface area (Å²) in [6.45, 7) is 3.88. The Morgan fingerprint density at radius 3 is 2.70 bits per heavy atom. The number of pyridine rings is 1. The number of thioether (sulfide) groups is 1. The van der Waals surface area contributed by atoms with E-state index >= 15 is 0 Å². The largest absolute Gasteiger partial charge is 0.478 e. The van der Waals surface area contributed by atoms with Crippen LogP contribution in [-0.4, -0.2) is 16.1 Å². The van der Waals surface area contributed by atoms with Crippen molar-refractivity contribution in [2.45, 2.75) is 24.6 Å². The van der Waals surface area contributed by atoms with Crippen molar-refractivity contribution in [3.63, 3.8) is 0 Å². The third-order valence-corrected chi connectivity index (χ3v) is 3.71. The Labute approximate surface area is 120 Å². The van der Waals surface area contributed by atoms with Gasteiger partial charge in [-0.05, 0) is 55.3 Å². The zero-order valence-corrected chi connectivity index (χ0v) is 12.0. The molecule has 2 aromatic rings. The first-order valence-corrected chi connectivity index (χ1v) is 7.04. The van der Waals surface area contributed by atoms with Gasteiger partial charge in [0.1, 0.15) is 5.82 Å². The van der Waals surface area contributed by atoms with Crippen molar-refractivity contribution in [3.8, 4) is 0 Å². The number of carbonyl (C=O) groups is 1. The number of hydrogen-bond donors (Lipinski definition) is 1. The third kappa shape index (κ3) is 3.57. The van der Waals surface area contributed by atoms with E-state index in [0.29, 0.717) is 11.3 Å². The molecule has 0 spiro atoms. The fourth-order valence-electron chi connectivity index (χ4n) is 1.92. The highest BCUT2D eigenvalue weighted by Crippen LogP contribution is 2.24. The Bertz CT molecular complexity index is 638. The predicted molar refractivity (Wildman–Crippen MR) is 76.6 cm³/mol. The van der Waals surface area contributed by atoms with Gasteiger partial charge in [0.2, 0.25) is 0 Å². The molecule has 1 aromatic heterocycles. The Balaban J connectivity index is 2.22. The van der Waals surface area contributed by atoms with Gasteiger partial charge in [0.15, 0.2) is 0 Å². The lowest BCUT2D eigenvalue weighted by molar-refractivity contribution is 0.0696. The normalized spacial score (nSPS) is 10.6. The molecule has 0 atom stereocenters. The van der Waals surface area contributed by atoms with E-state index < -0.39 is 11.8 Å². The van der Waals surface area contributed by atoms with Gasteiger partial charge in [0.25, 0.3) is 0 Å². The van der Waals surface area contributed by atoms with Gasteiger partial charge >= 0.3 is 5.97 Å². The van der Waals surface area contributed by atoms with Gasteiger partial charge in [-0.2, -0.15) is 0 Å². The van der Waals surface area contributed by atoms with Crippen LogP contribution in [0, 0.1) is 19.7 Å². The molecular weight excluding hydrogens is 277 g/mol. The number of aromatic nitrogens is 1. The summed E-state index contributed by atoms with van der Waals surface area (Å²) in [5.41, 5.74) is 2.59. The van der Waals surface area contributed by atoms with E-state index in [1.165, 1.54) is 23.9 Å². The number of benzene rings is 1. The monoisotopic (exact) mass is 291 g/mol. The second kappa shape index (κ2) is 6.05. The third-order valence-electron chi connectivity index (χ3n) is 2.75. The molecule has 0 aliphatic rings. The van der Waals surface area contributed by atoms with Crippen LogP contribution in [-0.2, 0) is 5.75 Å². The van der Waals surface area contributed by atoms with Crippen LogP contribution < -0.4 is 0 Å². The average Bonchev–Trinajstić information content (AvgIpc) is 2.35. The first-order chi connectivity index (χ1) is 9.45. The predicted octanol–water partition coefficient (Wildman–Crippen LogP) is 3.83. The standard InChI is InChI=1S/C15H14FNO2S/c1-9-5-10(2)17-14(6-9)20-8-11-7-12(16)3-4-13(11)15(18)19/h3-7H,8H2,1-2H3,(H,18,19). The first kappa shape index (κ1) is 14.5. The van der Waals surface area contributed by atoms with E-state index in [0.717, 1.165) is 22.3 Å². The summed E-state index contributed by atoms with van der Waals surface area (Å²) in [5.74, 6) is -1.11. The maximum absolute atomic E-state index is 13.2. The number of rotatable bonds is 4. The van der Waals surface area contributed by atoms with Crippen molar-refractivity contribution in [1.82, 2.24) is 4.98 Å². The first-order valence-electron chi connectivity index (χ1n) is 6.05. The van der Waals surface area contributed by atoms with Crippen LogP contribution in [0.25, 0.3) is 0 Å². The molecule has 0 radical (unpaired) electrons. The molecule has 20 heavy (non-hydrogen) atoms. The molecule has 0 bridgehead atoms. The summed E-state index contributed by atoms with van der Waals surface area (Å²) in [5, 5.41) is 9.90. The second-order valence-corrected chi connectivity index (χ2v) is 5.52. The van der Waals surface area contributed by atoms with E-state index in [-0.39, 0.29) is 5.56 Å². The summed E-state index contributed by atoms with van der Waals surface area (Å²) in [6, 6.07) is 7.61. The van der Waals surface area contributed by atoms with Crippen molar-refractivity contribution >= 4 is 17.7 Å². The van der Waals surface area contributed by atoms with Crippen LogP contribution in [0.15, 0.2) is 35.4 Å². The molecule has 104 valence electrons. The summed E-state index contributed by atoms with van der Waals surface area (Å²) >= 11 is 1.40. The maximum atomic E-state index is 13.2. The Morgan fingerprint density at radius 2 is 2.05 bits per heavy atom. The highest BCUT2D eigenvalue weighted by Gasteiger charge is 2.11. The van der Waals surface area contributed by atoms with Gasteiger partial charge in [-0.25, -0.2) is 14.2 Å². The number of carboxylic acid groups (broad SMARTS) is 1. The number of aryl methyl sites for hydroxylation is 2. The van der Waals surface area contributed by atoms with E-state index in [4.69, 9.17) is 5.11 Å². The van der Waals surface area contributed by atoms with Crippen LogP contribution in [0.3, 0.4) is 0 Å². The molecule has 0 amide bonds. The van der Waals surface area contributed by atoms with Crippen LogP contribution in [0.2, 0.25) is 0 Å². The molecule has 0 aliphatic carbocycles. The van der Waals surface area contributed by atoms with E-state index in [9.17, 15) is 9.18 Å². The van der Waals surface area contributed by atoms with Crippen molar-refractivity contribution in [1.29, 1.82) is 0 Å². The molecule has 1 heterocycles. The van der Waals surface area contributed by atoms with Gasteiger partial charge in [0, 0.05) is 11.4 Å². The SMILES string of the molecule is Cc1cc(C)nc(SCc2cc(F)ccc2C(=O)O)c1. The van der Waals surface area contributed by atoms with E-state index in [1.54, 1.807) is 0 Å². The minimum absolute atomic E-state index is 0.128. The van der Waals surface area contributed by atoms with Gasteiger partial charge < -0.3 is 5.11 Å². The van der Waals surface area contributed by atoms with Crippen molar-refractivity contribution in [2.75, 3.05) is 0 Å². The quantitative estimate of drug-likeness (QED) is 0.870. The zero-order chi connectivity index (χ0) is 14.7. The second-order valence-electron chi connectivity index (χ2n) is 4.52. The van der Waals surface area contributed by atoms with Crippen molar-refractivity contribution in [2.24, 2.45) is 0 Å². The van der Waals surface area contributed by atoms with Gasteiger partial charge in [-0.1, -0.05) is 0 Å². The molecule has 0 unspecified atom stereocenters. The van der Waals surface area contributed by atoms with Crippen molar-refractivity contribution < 1.29 is 14.3 Å². The topological polar surface area (TPSA) is 50.2 Å². The highest BCUT2D eigenvalue weighted by atomic mass is 32.2. The Hall–Kier alpha value is -1.88. The summed E-state index contributed by atoms with van der Waals surface area (Å²) in [6.07, 6.45) is 0. The molecule has 1 N–H and O–H groups in total. The maximum Gasteiger partial charge on any atom is 0.335 e. The van der Waals surface area contributed by atoms with E-state index in [1.807, 2.05) is 26.0 Å². The van der Waals surface area contributed by atoms with Gasteiger partial charge in [-0.3, -0.25) is 0 Å². The lowest BCUT2D eigenvalue weighted by Crippen LogP contribution is -2.02. The number of aromatic carboxylic acids is 1. The fraction of sp³-hybridized carbons (Fsp3) is 0.200. The molecular formula is C15H14FNO2S. The van der Waals surface area contributed by atoms with Gasteiger partial charge in [-0.15, -0.1) is 11.8 Å². The molecule has 0 fully saturated rings. The zero-order valence-electron chi connectivity index (χ0n) is 11.2. The summed E-state index contributed by atoms with van der Waals surface area (Å²) in [4.78, 5) is 15.5. The Morgan fingerprint density at radius 1 is 1.30 bits per heavy atom. The molecule has 0 saturated heterocycles. The smallest absolute Gasteiger partial charge is 0.335 e. The summed E-state index contributed by atoms with van der Waals surface area (Å²) < 4.78 is 13.2. The van der Waals surface area contributed by atoms with Crippen LogP contribution in [0.4, 0.5) is 4.39 Å². The average molecular weight is 291 g/mol. The minimum atomic E-state index is -1.05. The number of carboxylic acids is 1. The molecule has 5 heteroatoms.